The number of benzene rings is 2. The highest BCUT2D eigenvalue weighted by molar-refractivity contribution is 5.78. The minimum atomic E-state index is -0.206. The molecule has 2 heterocycles. The van der Waals surface area contributed by atoms with E-state index in [0.717, 1.165) is 11.3 Å². The van der Waals surface area contributed by atoms with Crippen LogP contribution in [0.15, 0.2) is 48.5 Å². The van der Waals surface area contributed by atoms with E-state index in [1.54, 1.807) is 12.1 Å². The summed E-state index contributed by atoms with van der Waals surface area (Å²) < 4.78 is 19.6. The second kappa shape index (κ2) is 6.75. The summed E-state index contributed by atoms with van der Waals surface area (Å²) in [6, 6.07) is 14.7. The van der Waals surface area contributed by atoms with E-state index in [0.29, 0.717) is 44.9 Å². The molecule has 0 spiro atoms. The van der Waals surface area contributed by atoms with Crippen LogP contribution in [0.5, 0.6) is 5.75 Å². The van der Waals surface area contributed by atoms with Crippen molar-refractivity contribution in [3.8, 4) is 5.75 Å². The SMILES string of the molecule is O=C(CC1COc2ccccc21)N1CCN(c2ccccc2F)CC1. The van der Waals surface area contributed by atoms with Gasteiger partial charge in [0.2, 0.25) is 5.91 Å². The predicted molar refractivity (Wildman–Crippen MR) is 94.5 cm³/mol. The standard InChI is InChI=1S/C20H21FN2O2/c21-17-6-2-3-7-18(17)22-9-11-23(12-10-22)20(24)13-15-14-25-19-8-4-1-5-16(15)19/h1-8,15H,9-14H2. The molecule has 1 fully saturated rings. The molecule has 0 aromatic heterocycles. The third-order valence-electron chi connectivity index (χ3n) is 5.05. The second-order valence-corrected chi connectivity index (χ2v) is 6.57. The highest BCUT2D eigenvalue weighted by Gasteiger charge is 2.29. The highest BCUT2D eigenvalue weighted by atomic mass is 19.1. The molecule has 1 amide bonds. The third kappa shape index (κ3) is 3.18. The molecular formula is C20H21FN2O2. The number of fused-ring (bicyclic) bond motifs is 1. The number of ether oxygens (including phenoxy) is 1. The largest absolute Gasteiger partial charge is 0.493 e. The van der Waals surface area contributed by atoms with Crippen LogP contribution in [-0.4, -0.2) is 43.6 Å². The molecule has 1 saturated heterocycles. The average Bonchev–Trinajstić information content (AvgIpc) is 3.05. The van der Waals surface area contributed by atoms with Gasteiger partial charge in [0.15, 0.2) is 0 Å². The Bertz CT molecular complexity index is 772. The van der Waals surface area contributed by atoms with E-state index in [1.807, 2.05) is 40.1 Å². The first-order chi connectivity index (χ1) is 12.2. The molecule has 0 N–H and O–H groups in total. The smallest absolute Gasteiger partial charge is 0.223 e. The lowest BCUT2D eigenvalue weighted by Crippen LogP contribution is -2.49. The van der Waals surface area contributed by atoms with Crippen molar-refractivity contribution < 1.29 is 13.9 Å². The molecule has 0 radical (unpaired) electrons. The molecule has 5 heteroatoms. The molecule has 0 bridgehead atoms. The van der Waals surface area contributed by atoms with Gasteiger partial charge in [-0.15, -0.1) is 0 Å². The van der Waals surface area contributed by atoms with E-state index in [2.05, 4.69) is 0 Å². The number of carbonyl (C=O) groups is 1. The van der Waals surface area contributed by atoms with Gasteiger partial charge in [0, 0.05) is 44.1 Å². The Balaban J connectivity index is 1.35. The first kappa shape index (κ1) is 15.9. The van der Waals surface area contributed by atoms with Crippen LogP contribution in [0.2, 0.25) is 0 Å². The lowest BCUT2D eigenvalue weighted by atomic mass is 9.97. The number of nitrogens with zero attached hydrogens (tertiary/aromatic N) is 2. The van der Waals surface area contributed by atoms with Crippen LogP contribution in [0.25, 0.3) is 0 Å². The lowest BCUT2D eigenvalue weighted by molar-refractivity contribution is -0.132. The predicted octanol–water partition coefficient (Wildman–Crippen LogP) is 3.04. The number of hydrogen-bond donors (Lipinski definition) is 0. The molecule has 4 rings (SSSR count). The maximum Gasteiger partial charge on any atom is 0.223 e. The van der Waals surface area contributed by atoms with Crippen molar-refractivity contribution in [3.63, 3.8) is 0 Å². The fraction of sp³-hybridized carbons (Fsp3) is 0.350. The molecule has 2 aliphatic heterocycles. The summed E-state index contributed by atoms with van der Waals surface area (Å²) in [5.41, 5.74) is 1.74. The number of rotatable bonds is 3. The summed E-state index contributed by atoms with van der Waals surface area (Å²) >= 11 is 0. The van der Waals surface area contributed by atoms with E-state index in [4.69, 9.17) is 4.74 Å². The van der Waals surface area contributed by atoms with Crippen molar-refractivity contribution in [1.29, 1.82) is 0 Å². The van der Waals surface area contributed by atoms with Gasteiger partial charge in [0.05, 0.1) is 12.3 Å². The van der Waals surface area contributed by atoms with Gasteiger partial charge in [-0.3, -0.25) is 4.79 Å². The van der Waals surface area contributed by atoms with Crippen LogP contribution in [0, 0.1) is 5.82 Å². The van der Waals surface area contributed by atoms with E-state index in [-0.39, 0.29) is 17.6 Å². The van der Waals surface area contributed by atoms with Crippen molar-refractivity contribution in [2.75, 3.05) is 37.7 Å². The minimum Gasteiger partial charge on any atom is -0.493 e. The molecule has 4 nitrogen and oxygen atoms in total. The average molecular weight is 340 g/mol. The lowest BCUT2D eigenvalue weighted by Gasteiger charge is -2.36. The maximum atomic E-state index is 13.9. The summed E-state index contributed by atoms with van der Waals surface area (Å²) in [7, 11) is 0. The second-order valence-electron chi connectivity index (χ2n) is 6.57. The fourth-order valence-electron chi connectivity index (χ4n) is 3.64. The molecule has 0 aliphatic carbocycles. The zero-order valence-electron chi connectivity index (χ0n) is 14.0. The van der Waals surface area contributed by atoms with Gasteiger partial charge < -0.3 is 14.5 Å². The van der Waals surface area contributed by atoms with Gasteiger partial charge in [-0.1, -0.05) is 30.3 Å². The Kier molecular flexibility index (Phi) is 4.30. The third-order valence-corrected chi connectivity index (χ3v) is 5.05. The van der Waals surface area contributed by atoms with Crippen LogP contribution in [0.4, 0.5) is 10.1 Å². The first-order valence-electron chi connectivity index (χ1n) is 8.71. The Morgan fingerprint density at radius 1 is 1.04 bits per heavy atom. The molecule has 1 unspecified atom stereocenters. The molecule has 25 heavy (non-hydrogen) atoms. The number of hydrogen-bond acceptors (Lipinski definition) is 3. The van der Waals surface area contributed by atoms with Crippen LogP contribution in [0.3, 0.4) is 0 Å². The zero-order chi connectivity index (χ0) is 17.2. The van der Waals surface area contributed by atoms with Gasteiger partial charge in [0.25, 0.3) is 0 Å². The quantitative estimate of drug-likeness (QED) is 0.861. The summed E-state index contributed by atoms with van der Waals surface area (Å²) in [6.45, 7) is 3.14. The molecule has 2 aromatic carbocycles. The van der Waals surface area contributed by atoms with E-state index in [1.165, 1.54) is 6.07 Å². The van der Waals surface area contributed by atoms with Gasteiger partial charge >= 0.3 is 0 Å². The summed E-state index contributed by atoms with van der Waals surface area (Å²) in [4.78, 5) is 16.5. The summed E-state index contributed by atoms with van der Waals surface area (Å²) in [5.74, 6) is 0.971. The minimum absolute atomic E-state index is 0.133. The topological polar surface area (TPSA) is 32.8 Å². The van der Waals surface area contributed by atoms with E-state index < -0.39 is 0 Å². The molecule has 1 atom stereocenters. The molecular weight excluding hydrogens is 319 g/mol. The molecule has 0 saturated carbocycles. The summed E-state index contributed by atoms with van der Waals surface area (Å²) in [5, 5.41) is 0. The number of halogens is 1. The van der Waals surface area contributed by atoms with Crippen LogP contribution in [0.1, 0.15) is 17.9 Å². The summed E-state index contributed by atoms with van der Waals surface area (Å²) in [6.07, 6.45) is 0.469. The Labute approximate surface area is 146 Å². The van der Waals surface area contributed by atoms with Crippen molar-refractivity contribution in [3.05, 3.63) is 59.9 Å². The van der Waals surface area contributed by atoms with E-state index in [9.17, 15) is 9.18 Å². The molecule has 2 aliphatic rings. The highest BCUT2D eigenvalue weighted by Crippen LogP contribution is 2.35. The van der Waals surface area contributed by atoms with Gasteiger partial charge in [-0.05, 0) is 18.2 Å². The number of piperazine rings is 1. The molecule has 2 aromatic rings. The fourth-order valence-corrected chi connectivity index (χ4v) is 3.64. The van der Waals surface area contributed by atoms with Crippen LogP contribution >= 0.6 is 0 Å². The normalized spacial score (nSPS) is 19.5. The number of carbonyl (C=O) groups excluding carboxylic acids is 1. The Hall–Kier alpha value is -2.56. The monoisotopic (exact) mass is 340 g/mol. The van der Waals surface area contributed by atoms with Crippen LogP contribution in [-0.2, 0) is 4.79 Å². The van der Waals surface area contributed by atoms with Crippen molar-refractivity contribution >= 4 is 11.6 Å². The van der Waals surface area contributed by atoms with Crippen molar-refractivity contribution in [2.24, 2.45) is 0 Å². The van der Waals surface area contributed by atoms with Crippen molar-refractivity contribution in [1.82, 2.24) is 4.90 Å². The molecule has 130 valence electrons. The zero-order valence-corrected chi connectivity index (χ0v) is 14.0. The first-order valence-corrected chi connectivity index (χ1v) is 8.71. The van der Waals surface area contributed by atoms with Gasteiger partial charge in [0.1, 0.15) is 11.6 Å². The van der Waals surface area contributed by atoms with Crippen molar-refractivity contribution in [2.45, 2.75) is 12.3 Å². The Morgan fingerprint density at radius 2 is 1.76 bits per heavy atom. The number of amides is 1. The number of anilines is 1. The maximum absolute atomic E-state index is 13.9. The van der Waals surface area contributed by atoms with Gasteiger partial charge in [-0.2, -0.15) is 0 Å². The van der Waals surface area contributed by atoms with Crippen LogP contribution < -0.4 is 9.64 Å². The Morgan fingerprint density at radius 3 is 2.56 bits per heavy atom. The van der Waals surface area contributed by atoms with E-state index >= 15 is 0 Å². The number of para-hydroxylation sites is 2. The van der Waals surface area contributed by atoms with Gasteiger partial charge in [-0.25, -0.2) is 4.39 Å².